The van der Waals surface area contributed by atoms with E-state index in [9.17, 15) is 9.90 Å². The quantitative estimate of drug-likeness (QED) is 0.594. The third kappa shape index (κ3) is 6.19. The van der Waals surface area contributed by atoms with E-state index in [-0.39, 0.29) is 11.9 Å². The highest BCUT2D eigenvalue weighted by atomic mass is 16.5. The fourth-order valence-corrected chi connectivity index (χ4v) is 4.04. The van der Waals surface area contributed by atoms with Crippen LogP contribution in [0.4, 0.5) is 0 Å². The number of aliphatic hydroxyl groups is 1. The van der Waals surface area contributed by atoms with E-state index in [1.807, 2.05) is 60.7 Å². The molecule has 1 heterocycles. The molecule has 1 aliphatic rings. The molecule has 1 amide bonds. The SMILES string of the molecule is O=C(N[C@H]1CN(Cc2ccccc2)CCC[C@@H]1O)c1ccc(OCc2ccccc2)cc1. The highest BCUT2D eigenvalue weighted by Gasteiger charge is 2.27. The van der Waals surface area contributed by atoms with Gasteiger partial charge in [0.1, 0.15) is 12.4 Å². The highest BCUT2D eigenvalue weighted by Crippen LogP contribution is 2.17. The van der Waals surface area contributed by atoms with Crippen molar-refractivity contribution in [1.29, 1.82) is 0 Å². The van der Waals surface area contributed by atoms with Crippen molar-refractivity contribution in [2.45, 2.75) is 38.1 Å². The van der Waals surface area contributed by atoms with Crippen molar-refractivity contribution in [3.05, 3.63) is 102 Å². The van der Waals surface area contributed by atoms with Gasteiger partial charge in [-0.3, -0.25) is 9.69 Å². The van der Waals surface area contributed by atoms with Gasteiger partial charge in [-0.2, -0.15) is 0 Å². The molecule has 5 heteroatoms. The molecule has 0 radical (unpaired) electrons. The number of nitrogens with zero attached hydrogens (tertiary/aromatic N) is 1. The molecule has 32 heavy (non-hydrogen) atoms. The fourth-order valence-electron chi connectivity index (χ4n) is 4.04. The van der Waals surface area contributed by atoms with Crippen LogP contribution in [-0.4, -0.2) is 41.1 Å². The minimum absolute atomic E-state index is 0.176. The van der Waals surface area contributed by atoms with Crippen molar-refractivity contribution in [3.8, 4) is 5.75 Å². The van der Waals surface area contributed by atoms with Crippen LogP contribution in [-0.2, 0) is 13.2 Å². The Balaban J connectivity index is 1.33. The number of benzene rings is 3. The van der Waals surface area contributed by atoms with Gasteiger partial charge in [0.25, 0.3) is 5.91 Å². The van der Waals surface area contributed by atoms with E-state index < -0.39 is 6.10 Å². The first-order valence-electron chi connectivity index (χ1n) is 11.2. The number of ether oxygens (including phenoxy) is 1. The Hall–Kier alpha value is -3.15. The lowest BCUT2D eigenvalue weighted by molar-refractivity contribution is 0.0798. The Bertz CT molecular complexity index is 977. The molecule has 0 aromatic heterocycles. The molecule has 1 fully saturated rings. The molecule has 3 aromatic rings. The molecule has 1 aliphatic heterocycles. The van der Waals surface area contributed by atoms with Crippen molar-refractivity contribution in [2.24, 2.45) is 0 Å². The summed E-state index contributed by atoms with van der Waals surface area (Å²) in [7, 11) is 0. The zero-order chi connectivity index (χ0) is 22.2. The minimum atomic E-state index is -0.548. The molecule has 0 saturated carbocycles. The topological polar surface area (TPSA) is 61.8 Å². The number of aliphatic hydroxyl groups excluding tert-OH is 1. The number of likely N-dealkylation sites (tertiary alicyclic amines) is 1. The molecule has 4 rings (SSSR count). The molecular formula is C27H30N2O3. The maximum atomic E-state index is 12.8. The molecule has 0 unspecified atom stereocenters. The fraction of sp³-hybridized carbons (Fsp3) is 0.296. The molecule has 3 aromatic carbocycles. The predicted octanol–water partition coefficient (Wildman–Crippen LogP) is 4.02. The standard InChI is InChI=1S/C27H30N2O3/c30-26-12-7-17-29(18-21-8-3-1-4-9-21)19-25(26)28-27(31)23-13-15-24(16-14-23)32-20-22-10-5-2-6-11-22/h1-6,8-11,13-16,25-26,30H,7,12,17-20H2,(H,28,31)/t25-,26-/m0/s1. The number of hydrogen-bond donors (Lipinski definition) is 2. The summed E-state index contributed by atoms with van der Waals surface area (Å²) in [5.41, 5.74) is 2.89. The summed E-state index contributed by atoms with van der Waals surface area (Å²) in [6.07, 6.45) is 1.05. The summed E-state index contributed by atoms with van der Waals surface area (Å²) in [6.45, 7) is 2.83. The lowest BCUT2D eigenvalue weighted by Crippen LogP contribution is -2.48. The van der Waals surface area contributed by atoms with Gasteiger partial charge in [0, 0.05) is 18.7 Å². The third-order valence-corrected chi connectivity index (χ3v) is 5.82. The monoisotopic (exact) mass is 430 g/mol. The molecule has 2 N–H and O–H groups in total. The predicted molar refractivity (Wildman–Crippen MR) is 125 cm³/mol. The maximum absolute atomic E-state index is 12.8. The Morgan fingerprint density at radius 3 is 2.28 bits per heavy atom. The smallest absolute Gasteiger partial charge is 0.251 e. The zero-order valence-corrected chi connectivity index (χ0v) is 18.2. The second-order valence-electron chi connectivity index (χ2n) is 8.31. The lowest BCUT2D eigenvalue weighted by Gasteiger charge is -2.27. The van der Waals surface area contributed by atoms with Crippen LogP contribution in [0.2, 0.25) is 0 Å². The van der Waals surface area contributed by atoms with Gasteiger partial charge in [-0.05, 0) is 54.8 Å². The van der Waals surface area contributed by atoms with Crippen LogP contribution in [0.5, 0.6) is 5.75 Å². The van der Waals surface area contributed by atoms with Crippen molar-refractivity contribution < 1.29 is 14.6 Å². The molecular weight excluding hydrogens is 400 g/mol. The molecule has 166 valence electrons. The number of carbonyl (C=O) groups is 1. The van der Waals surface area contributed by atoms with Crippen molar-refractivity contribution >= 4 is 5.91 Å². The van der Waals surface area contributed by atoms with E-state index in [0.29, 0.717) is 30.9 Å². The first-order valence-corrected chi connectivity index (χ1v) is 11.2. The first kappa shape index (κ1) is 22.1. The lowest BCUT2D eigenvalue weighted by atomic mass is 10.1. The van der Waals surface area contributed by atoms with E-state index in [4.69, 9.17) is 4.74 Å². The maximum Gasteiger partial charge on any atom is 0.251 e. The largest absolute Gasteiger partial charge is 0.489 e. The molecule has 2 atom stereocenters. The van der Waals surface area contributed by atoms with Gasteiger partial charge >= 0.3 is 0 Å². The third-order valence-electron chi connectivity index (χ3n) is 5.82. The molecule has 0 aliphatic carbocycles. The van der Waals surface area contributed by atoms with Crippen LogP contribution in [0.3, 0.4) is 0 Å². The van der Waals surface area contributed by atoms with Crippen LogP contribution in [0.15, 0.2) is 84.9 Å². The van der Waals surface area contributed by atoms with Crippen molar-refractivity contribution in [1.82, 2.24) is 10.2 Å². The van der Waals surface area contributed by atoms with Gasteiger partial charge in [0.05, 0.1) is 12.1 Å². The molecule has 0 bridgehead atoms. The van der Waals surface area contributed by atoms with Gasteiger partial charge in [-0.1, -0.05) is 60.7 Å². The minimum Gasteiger partial charge on any atom is -0.489 e. The number of carbonyl (C=O) groups excluding carboxylic acids is 1. The first-order chi connectivity index (χ1) is 15.7. The van der Waals surface area contributed by atoms with Crippen LogP contribution < -0.4 is 10.1 Å². The van der Waals surface area contributed by atoms with Crippen LogP contribution >= 0.6 is 0 Å². The van der Waals surface area contributed by atoms with Gasteiger partial charge in [-0.15, -0.1) is 0 Å². The van der Waals surface area contributed by atoms with E-state index in [1.165, 1.54) is 5.56 Å². The zero-order valence-electron chi connectivity index (χ0n) is 18.2. The van der Waals surface area contributed by atoms with Crippen LogP contribution in [0.25, 0.3) is 0 Å². The Morgan fingerprint density at radius 1 is 0.938 bits per heavy atom. The number of nitrogens with one attached hydrogen (secondary N) is 1. The molecule has 1 saturated heterocycles. The summed E-state index contributed by atoms with van der Waals surface area (Å²) < 4.78 is 5.80. The van der Waals surface area contributed by atoms with Crippen LogP contribution in [0.1, 0.15) is 34.3 Å². The van der Waals surface area contributed by atoms with Crippen molar-refractivity contribution in [2.75, 3.05) is 13.1 Å². The summed E-state index contributed by atoms with van der Waals surface area (Å²) in [5.74, 6) is 0.541. The van der Waals surface area contributed by atoms with Gasteiger partial charge in [0.2, 0.25) is 0 Å². The average molecular weight is 431 g/mol. The number of amides is 1. The van der Waals surface area contributed by atoms with E-state index >= 15 is 0 Å². The Kier molecular flexibility index (Phi) is 7.54. The summed E-state index contributed by atoms with van der Waals surface area (Å²) in [4.78, 5) is 15.1. The normalized spacial score (nSPS) is 19.2. The molecule has 0 spiro atoms. The van der Waals surface area contributed by atoms with E-state index in [1.54, 1.807) is 12.1 Å². The Morgan fingerprint density at radius 2 is 1.59 bits per heavy atom. The van der Waals surface area contributed by atoms with E-state index in [0.717, 1.165) is 25.1 Å². The Labute approximate surface area is 189 Å². The summed E-state index contributed by atoms with van der Waals surface area (Å²) in [5, 5.41) is 13.6. The number of hydrogen-bond acceptors (Lipinski definition) is 4. The van der Waals surface area contributed by atoms with Gasteiger partial charge < -0.3 is 15.2 Å². The van der Waals surface area contributed by atoms with Gasteiger partial charge in [0.15, 0.2) is 0 Å². The summed E-state index contributed by atoms with van der Waals surface area (Å²) in [6, 6.07) is 27.1. The second-order valence-corrected chi connectivity index (χ2v) is 8.31. The second kappa shape index (κ2) is 10.9. The number of rotatable bonds is 7. The van der Waals surface area contributed by atoms with E-state index in [2.05, 4.69) is 22.3 Å². The average Bonchev–Trinajstić information content (AvgIpc) is 3.00. The van der Waals surface area contributed by atoms with Crippen molar-refractivity contribution in [3.63, 3.8) is 0 Å². The van der Waals surface area contributed by atoms with Gasteiger partial charge in [-0.25, -0.2) is 0 Å². The highest BCUT2D eigenvalue weighted by molar-refractivity contribution is 5.94. The molecule has 5 nitrogen and oxygen atoms in total. The van der Waals surface area contributed by atoms with Crippen LogP contribution in [0, 0.1) is 0 Å². The summed E-state index contributed by atoms with van der Waals surface area (Å²) >= 11 is 0.